The molecule has 1 aliphatic heterocycles. The molecule has 1 aliphatic rings. The lowest BCUT2D eigenvalue weighted by Gasteiger charge is -2.34. The molecule has 0 radical (unpaired) electrons. The average Bonchev–Trinajstić information content (AvgIpc) is 2.84. The van der Waals surface area contributed by atoms with Gasteiger partial charge >= 0.3 is 0 Å². The van der Waals surface area contributed by atoms with E-state index in [1.54, 1.807) is 43.4 Å². The first-order chi connectivity index (χ1) is 16.3. The van der Waals surface area contributed by atoms with E-state index in [-0.39, 0.29) is 35.7 Å². The number of ether oxygens (including phenoxy) is 1. The molecule has 8 heteroatoms. The van der Waals surface area contributed by atoms with Gasteiger partial charge in [0, 0.05) is 23.9 Å². The number of likely N-dealkylation sites (N-methyl/N-ethyl adjacent to an activating group) is 1. The Labute approximate surface area is 192 Å². The number of carbonyl (C=O) groups excluding carboxylic acids is 1. The molecule has 0 unspecified atom stereocenters. The normalized spacial score (nSPS) is 15.2. The van der Waals surface area contributed by atoms with Crippen LogP contribution in [-0.2, 0) is 11.3 Å². The van der Waals surface area contributed by atoms with Crippen molar-refractivity contribution >= 4 is 16.7 Å². The lowest BCUT2D eigenvalue weighted by molar-refractivity contribution is 0.0335. The Kier molecular flexibility index (Phi) is 5.45. The van der Waals surface area contributed by atoms with Crippen LogP contribution < -0.4 is 5.56 Å². The number of hydrogen-bond donors (Lipinski definition) is 1. The summed E-state index contributed by atoms with van der Waals surface area (Å²) in [6.45, 7) is 0.216. The molecule has 0 spiro atoms. The lowest BCUT2D eigenvalue weighted by Crippen LogP contribution is -2.37. The van der Waals surface area contributed by atoms with Crippen molar-refractivity contribution in [3.05, 3.63) is 105 Å². The largest absolute Gasteiger partial charge is 0.373 e. The lowest BCUT2D eigenvalue weighted by atomic mass is 9.95. The summed E-state index contributed by atoms with van der Waals surface area (Å²) < 4.78 is 46.7. The number of rotatable bonds is 3. The highest BCUT2D eigenvalue weighted by Crippen LogP contribution is 2.34. The van der Waals surface area contributed by atoms with Crippen molar-refractivity contribution in [2.45, 2.75) is 12.6 Å². The molecular formula is C26H19F3N2O3. The van der Waals surface area contributed by atoms with Crippen molar-refractivity contribution < 1.29 is 22.7 Å². The molecule has 4 aromatic rings. The quantitative estimate of drug-likeness (QED) is 0.467. The third-order valence-corrected chi connectivity index (χ3v) is 6.14. The van der Waals surface area contributed by atoms with Crippen LogP contribution in [0.2, 0.25) is 0 Å². The minimum absolute atomic E-state index is 0.00838. The fourth-order valence-electron chi connectivity index (χ4n) is 4.34. The number of aromatic amines is 1. The molecule has 0 bridgehead atoms. The summed E-state index contributed by atoms with van der Waals surface area (Å²) in [6, 6.07) is 14.2. The summed E-state index contributed by atoms with van der Waals surface area (Å²) in [4.78, 5) is 29.8. The molecule has 1 amide bonds. The molecule has 0 saturated carbocycles. The van der Waals surface area contributed by atoms with Crippen LogP contribution >= 0.6 is 0 Å². The summed E-state index contributed by atoms with van der Waals surface area (Å²) in [5, 5.41) is 0.256. The number of fused-ring (bicyclic) bond motifs is 3. The van der Waals surface area contributed by atoms with Crippen LogP contribution in [0.1, 0.15) is 27.7 Å². The van der Waals surface area contributed by atoms with Crippen molar-refractivity contribution in [3.8, 4) is 11.1 Å². The number of amides is 1. The first-order valence-electron chi connectivity index (χ1n) is 10.6. The Balaban J connectivity index is 1.50. The van der Waals surface area contributed by atoms with Gasteiger partial charge in [-0.05, 0) is 52.9 Å². The number of nitrogens with one attached hydrogen (secondary N) is 1. The molecule has 3 aromatic carbocycles. The smallest absolute Gasteiger partial charge is 0.256 e. The maximum absolute atomic E-state index is 14.1. The van der Waals surface area contributed by atoms with Crippen molar-refractivity contribution in [2.24, 2.45) is 0 Å². The Hall–Kier alpha value is -3.91. The maximum Gasteiger partial charge on any atom is 0.256 e. The molecule has 172 valence electrons. The summed E-state index contributed by atoms with van der Waals surface area (Å²) in [5.74, 6) is -2.83. The van der Waals surface area contributed by atoms with Crippen LogP contribution in [0.5, 0.6) is 0 Å². The predicted molar refractivity (Wildman–Crippen MR) is 121 cm³/mol. The molecule has 5 nitrogen and oxygen atoms in total. The van der Waals surface area contributed by atoms with Gasteiger partial charge in [0.25, 0.3) is 11.5 Å². The van der Waals surface area contributed by atoms with E-state index in [4.69, 9.17) is 4.74 Å². The topological polar surface area (TPSA) is 62.4 Å². The van der Waals surface area contributed by atoms with Gasteiger partial charge in [0.1, 0.15) is 5.82 Å². The van der Waals surface area contributed by atoms with Crippen molar-refractivity contribution in [3.63, 3.8) is 0 Å². The van der Waals surface area contributed by atoms with E-state index in [1.807, 2.05) is 0 Å². The standard InChI is InChI=1S/C26H19F3N2O3/c1-31(26(33)16-4-2-14(3-5-16)15-6-8-17(27)9-7-15)23-13-34-12-22-24(23)18-10-20(28)21(29)11-19(18)25(32)30-22/h2-11,23H,12-13H2,1H3,(H,30,32)/t23-/m0/s1. The molecule has 2 heterocycles. The van der Waals surface area contributed by atoms with Gasteiger partial charge in [-0.25, -0.2) is 13.2 Å². The van der Waals surface area contributed by atoms with Gasteiger partial charge in [0.15, 0.2) is 11.6 Å². The molecule has 34 heavy (non-hydrogen) atoms. The number of halogens is 3. The van der Waals surface area contributed by atoms with Crippen LogP contribution in [0.4, 0.5) is 13.2 Å². The average molecular weight is 464 g/mol. The number of nitrogens with zero attached hydrogens (tertiary/aromatic N) is 1. The third-order valence-electron chi connectivity index (χ3n) is 6.14. The van der Waals surface area contributed by atoms with Gasteiger partial charge in [0.2, 0.25) is 0 Å². The Morgan fingerprint density at radius 1 is 0.941 bits per heavy atom. The molecule has 0 saturated heterocycles. The van der Waals surface area contributed by atoms with Gasteiger partial charge in [0.05, 0.1) is 24.6 Å². The predicted octanol–water partition coefficient (Wildman–Crippen LogP) is 4.96. The number of aromatic nitrogens is 1. The number of hydrogen-bond acceptors (Lipinski definition) is 3. The molecule has 1 aromatic heterocycles. The minimum atomic E-state index is -1.12. The van der Waals surface area contributed by atoms with Gasteiger partial charge in [-0.2, -0.15) is 0 Å². The van der Waals surface area contributed by atoms with E-state index in [2.05, 4.69) is 4.98 Å². The zero-order valence-corrected chi connectivity index (χ0v) is 18.1. The fourth-order valence-corrected chi connectivity index (χ4v) is 4.34. The minimum Gasteiger partial charge on any atom is -0.373 e. The third kappa shape index (κ3) is 3.76. The molecule has 0 aliphatic carbocycles. The maximum atomic E-state index is 14.1. The summed E-state index contributed by atoms with van der Waals surface area (Å²) in [7, 11) is 1.59. The highest BCUT2D eigenvalue weighted by Gasteiger charge is 2.31. The van der Waals surface area contributed by atoms with Gasteiger partial charge in [-0.15, -0.1) is 0 Å². The van der Waals surface area contributed by atoms with Crippen molar-refractivity contribution in [1.82, 2.24) is 9.88 Å². The zero-order valence-electron chi connectivity index (χ0n) is 18.1. The van der Waals surface area contributed by atoms with E-state index in [0.29, 0.717) is 16.8 Å². The van der Waals surface area contributed by atoms with E-state index < -0.39 is 23.2 Å². The molecule has 0 fully saturated rings. The number of benzene rings is 3. The molecular weight excluding hydrogens is 445 g/mol. The van der Waals surface area contributed by atoms with E-state index in [9.17, 15) is 22.8 Å². The molecule has 1 atom stereocenters. The fraction of sp³-hybridized carbons (Fsp3) is 0.154. The Morgan fingerprint density at radius 2 is 1.53 bits per heavy atom. The van der Waals surface area contributed by atoms with Crippen LogP contribution in [0.15, 0.2) is 65.5 Å². The van der Waals surface area contributed by atoms with Crippen LogP contribution in [0, 0.1) is 17.5 Å². The second-order valence-electron chi connectivity index (χ2n) is 8.19. The van der Waals surface area contributed by atoms with Gasteiger partial charge in [-0.3, -0.25) is 9.59 Å². The summed E-state index contributed by atoms with van der Waals surface area (Å²) >= 11 is 0. The second kappa shape index (κ2) is 8.46. The van der Waals surface area contributed by atoms with E-state index in [0.717, 1.165) is 23.3 Å². The van der Waals surface area contributed by atoms with Gasteiger partial charge < -0.3 is 14.6 Å². The number of carbonyl (C=O) groups is 1. The Bertz CT molecular complexity index is 1460. The van der Waals surface area contributed by atoms with Crippen LogP contribution in [0.25, 0.3) is 21.9 Å². The first kappa shape index (κ1) is 21.9. The van der Waals surface area contributed by atoms with Gasteiger partial charge in [-0.1, -0.05) is 24.3 Å². The highest BCUT2D eigenvalue weighted by atomic mass is 19.2. The number of H-pyrrole nitrogens is 1. The SMILES string of the molecule is CN(C(=O)c1ccc(-c2ccc(F)cc2)cc1)[C@H]1COCc2[nH]c(=O)c3cc(F)c(F)cc3c21. The van der Waals surface area contributed by atoms with Crippen molar-refractivity contribution in [2.75, 3.05) is 13.7 Å². The number of pyridine rings is 1. The van der Waals surface area contributed by atoms with Crippen LogP contribution in [0.3, 0.4) is 0 Å². The first-order valence-corrected chi connectivity index (χ1v) is 10.6. The zero-order chi connectivity index (χ0) is 24.0. The Morgan fingerprint density at radius 3 is 2.18 bits per heavy atom. The van der Waals surface area contributed by atoms with Crippen LogP contribution in [-0.4, -0.2) is 29.4 Å². The monoisotopic (exact) mass is 464 g/mol. The molecule has 5 rings (SSSR count). The van der Waals surface area contributed by atoms with E-state index >= 15 is 0 Å². The van der Waals surface area contributed by atoms with E-state index in [1.165, 1.54) is 17.0 Å². The van der Waals surface area contributed by atoms with Crippen molar-refractivity contribution in [1.29, 1.82) is 0 Å². The second-order valence-corrected chi connectivity index (χ2v) is 8.19. The highest BCUT2D eigenvalue weighted by molar-refractivity contribution is 5.95. The summed E-state index contributed by atoms with van der Waals surface area (Å²) in [5.41, 5.74) is 2.44. The summed E-state index contributed by atoms with van der Waals surface area (Å²) in [6.07, 6.45) is 0. The molecule has 1 N–H and O–H groups in total.